The van der Waals surface area contributed by atoms with Gasteiger partial charge in [-0.15, -0.1) is 0 Å². The van der Waals surface area contributed by atoms with Crippen LogP contribution < -0.4 is 5.32 Å². The van der Waals surface area contributed by atoms with Gasteiger partial charge in [0.05, 0.1) is 22.4 Å². The Morgan fingerprint density at radius 1 is 1.19 bits per heavy atom. The second kappa shape index (κ2) is 7.23. The molecule has 4 heteroatoms. The molecule has 0 spiro atoms. The van der Waals surface area contributed by atoms with Crippen molar-refractivity contribution in [3.63, 3.8) is 0 Å². The fourth-order valence-electron chi connectivity index (χ4n) is 2.44. The van der Waals surface area contributed by atoms with E-state index in [4.69, 9.17) is 0 Å². The Balaban J connectivity index is 2.14. The lowest BCUT2D eigenvalue weighted by atomic mass is 10.0. The first-order valence-corrected chi connectivity index (χ1v) is 8.28. The summed E-state index contributed by atoms with van der Waals surface area (Å²) in [6.07, 6.45) is 1.05. The minimum atomic E-state index is 0.532. The maximum absolute atomic E-state index is 4.61. The van der Waals surface area contributed by atoms with E-state index < -0.39 is 0 Å². The van der Waals surface area contributed by atoms with Crippen molar-refractivity contribution in [1.29, 1.82) is 0 Å². The number of benzene rings is 1. The van der Waals surface area contributed by atoms with E-state index in [2.05, 4.69) is 76.1 Å². The predicted molar refractivity (Wildman–Crippen MR) is 91.8 cm³/mol. The molecule has 0 radical (unpaired) electrons. The minimum absolute atomic E-state index is 0.532. The molecule has 21 heavy (non-hydrogen) atoms. The van der Waals surface area contributed by atoms with Crippen molar-refractivity contribution in [3.8, 4) is 0 Å². The topological polar surface area (TPSA) is 29.9 Å². The van der Waals surface area contributed by atoms with Gasteiger partial charge in [0.15, 0.2) is 0 Å². The van der Waals surface area contributed by atoms with Crippen LogP contribution in [0.2, 0.25) is 0 Å². The van der Waals surface area contributed by atoms with Gasteiger partial charge in [0.2, 0.25) is 0 Å². The van der Waals surface area contributed by atoms with Crippen LogP contribution >= 0.6 is 15.9 Å². The van der Waals surface area contributed by atoms with Crippen molar-refractivity contribution < 1.29 is 0 Å². The van der Waals surface area contributed by atoms with E-state index in [0.29, 0.717) is 6.04 Å². The van der Waals surface area contributed by atoms with Gasteiger partial charge in [-0.1, -0.05) is 38.1 Å². The van der Waals surface area contributed by atoms with E-state index in [9.17, 15) is 0 Å². The number of hydrogen-bond acceptors (Lipinski definition) is 2. The second-order valence-corrected chi connectivity index (χ2v) is 6.56. The van der Waals surface area contributed by atoms with Crippen LogP contribution in [0.4, 0.5) is 0 Å². The van der Waals surface area contributed by atoms with E-state index in [0.717, 1.165) is 29.7 Å². The highest BCUT2D eigenvalue weighted by molar-refractivity contribution is 9.10. The van der Waals surface area contributed by atoms with Gasteiger partial charge in [-0.3, -0.25) is 4.68 Å². The number of nitrogens with one attached hydrogen (secondary N) is 1. The van der Waals surface area contributed by atoms with E-state index in [-0.39, 0.29) is 0 Å². The normalized spacial score (nSPS) is 11.3. The Morgan fingerprint density at radius 3 is 2.43 bits per heavy atom. The summed E-state index contributed by atoms with van der Waals surface area (Å²) >= 11 is 3.60. The molecule has 1 heterocycles. The van der Waals surface area contributed by atoms with Crippen LogP contribution in [0.5, 0.6) is 0 Å². The van der Waals surface area contributed by atoms with Crippen LogP contribution in [-0.4, -0.2) is 22.4 Å². The summed E-state index contributed by atoms with van der Waals surface area (Å²) in [6, 6.07) is 9.18. The lowest BCUT2D eigenvalue weighted by Gasteiger charge is -2.12. The number of rotatable bonds is 6. The van der Waals surface area contributed by atoms with Crippen molar-refractivity contribution >= 4 is 15.9 Å². The third-order valence-electron chi connectivity index (χ3n) is 3.68. The van der Waals surface area contributed by atoms with Gasteiger partial charge < -0.3 is 5.32 Å². The standard InChI is InChI=1S/C17H24BrN3/c1-12(2)19-10-9-15-7-5-6-8-16(15)11-21-14(4)17(18)13(3)20-21/h5-8,12,19H,9-11H2,1-4H3. The SMILES string of the molecule is Cc1nn(Cc2ccccc2CCNC(C)C)c(C)c1Br. The molecule has 0 amide bonds. The number of halogens is 1. The average molecular weight is 350 g/mol. The van der Waals surface area contributed by atoms with Gasteiger partial charge in [-0.05, 0) is 53.9 Å². The van der Waals surface area contributed by atoms with Gasteiger partial charge >= 0.3 is 0 Å². The monoisotopic (exact) mass is 349 g/mol. The molecule has 0 aliphatic rings. The molecule has 114 valence electrons. The maximum atomic E-state index is 4.61. The zero-order valence-electron chi connectivity index (χ0n) is 13.3. The van der Waals surface area contributed by atoms with Crippen molar-refractivity contribution in [2.75, 3.05) is 6.54 Å². The van der Waals surface area contributed by atoms with Gasteiger partial charge in [0, 0.05) is 6.04 Å². The van der Waals surface area contributed by atoms with Crippen LogP contribution in [0.3, 0.4) is 0 Å². The Hall–Kier alpha value is -1.13. The number of hydrogen-bond donors (Lipinski definition) is 1. The van der Waals surface area contributed by atoms with Crippen LogP contribution in [0.15, 0.2) is 28.7 Å². The third kappa shape index (κ3) is 4.17. The van der Waals surface area contributed by atoms with Crippen LogP contribution in [0.1, 0.15) is 36.4 Å². The summed E-state index contributed by atoms with van der Waals surface area (Å²) in [4.78, 5) is 0. The molecule has 2 rings (SSSR count). The average Bonchev–Trinajstić information content (AvgIpc) is 2.68. The van der Waals surface area contributed by atoms with Crippen molar-refractivity contribution in [2.45, 2.75) is 46.7 Å². The third-order valence-corrected chi connectivity index (χ3v) is 4.83. The molecule has 1 aromatic carbocycles. The van der Waals surface area contributed by atoms with Gasteiger partial charge in [-0.2, -0.15) is 5.10 Å². The zero-order chi connectivity index (χ0) is 15.4. The summed E-state index contributed by atoms with van der Waals surface area (Å²) < 4.78 is 3.19. The summed E-state index contributed by atoms with van der Waals surface area (Å²) in [5.41, 5.74) is 4.98. The fraction of sp³-hybridized carbons (Fsp3) is 0.471. The molecule has 0 bridgehead atoms. The lowest BCUT2D eigenvalue weighted by Crippen LogP contribution is -2.25. The van der Waals surface area contributed by atoms with Gasteiger partial charge in [-0.25, -0.2) is 0 Å². The maximum Gasteiger partial charge on any atom is 0.0738 e. The highest BCUT2D eigenvalue weighted by Crippen LogP contribution is 2.21. The summed E-state index contributed by atoms with van der Waals surface area (Å²) in [6.45, 7) is 10.3. The molecule has 0 fully saturated rings. The molecular weight excluding hydrogens is 326 g/mol. The van der Waals surface area contributed by atoms with Crippen LogP contribution in [0, 0.1) is 13.8 Å². The molecule has 1 aromatic heterocycles. The first-order valence-electron chi connectivity index (χ1n) is 7.48. The summed E-state index contributed by atoms with van der Waals surface area (Å²) in [5.74, 6) is 0. The van der Waals surface area contributed by atoms with Gasteiger partial charge in [0.1, 0.15) is 0 Å². The molecule has 1 N–H and O–H groups in total. The minimum Gasteiger partial charge on any atom is -0.314 e. The molecule has 0 atom stereocenters. The summed E-state index contributed by atoms with van der Waals surface area (Å²) in [5, 5.41) is 8.09. The first-order chi connectivity index (χ1) is 9.99. The molecule has 0 saturated heterocycles. The fourth-order valence-corrected chi connectivity index (χ4v) is 2.73. The zero-order valence-corrected chi connectivity index (χ0v) is 14.9. The molecule has 2 aromatic rings. The van der Waals surface area contributed by atoms with Crippen molar-refractivity contribution in [1.82, 2.24) is 15.1 Å². The smallest absolute Gasteiger partial charge is 0.0738 e. The second-order valence-electron chi connectivity index (χ2n) is 5.77. The Kier molecular flexibility index (Phi) is 5.59. The molecule has 0 aliphatic carbocycles. The molecule has 0 unspecified atom stereocenters. The number of aromatic nitrogens is 2. The Bertz CT molecular complexity index is 602. The van der Waals surface area contributed by atoms with E-state index in [1.807, 2.05) is 6.92 Å². The van der Waals surface area contributed by atoms with Gasteiger partial charge in [0.25, 0.3) is 0 Å². The predicted octanol–water partition coefficient (Wildman–Crippen LogP) is 3.85. The Morgan fingerprint density at radius 2 is 1.86 bits per heavy atom. The van der Waals surface area contributed by atoms with Crippen LogP contribution in [0.25, 0.3) is 0 Å². The molecular formula is C17H24BrN3. The van der Waals surface area contributed by atoms with Crippen molar-refractivity contribution in [2.24, 2.45) is 0 Å². The molecule has 3 nitrogen and oxygen atoms in total. The lowest BCUT2D eigenvalue weighted by molar-refractivity contribution is 0.586. The number of aryl methyl sites for hydroxylation is 1. The highest BCUT2D eigenvalue weighted by Gasteiger charge is 2.10. The molecule has 0 saturated carbocycles. The quantitative estimate of drug-likeness (QED) is 0.858. The van der Waals surface area contributed by atoms with E-state index in [1.54, 1.807) is 0 Å². The van der Waals surface area contributed by atoms with Crippen LogP contribution in [-0.2, 0) is 13.0 Å². The van der Waals surface area contributed by atoms with Crippen molar-refractivity contribution in [3.05, 3.63) is 51.3 Å². The molecule has 0 aliphatic heterocycles. The van der Waals surface area contributed by atoms with E-state index >= 15 is 0 Å². The first kappa shape index (κ1) is 16.2. The largest absolute Gasteiger partial charge is 0.314 e. The number of nitrogens with zero attached hydrogens (tertiary/aromatic N) is 2. The summed E-state index contributed by atoms with van der Waals surface area (Å²) in [7, 11) is 0. The van der Waals surface area contributed by atoms with E-state index in [1.165, 1.54) is 16.8 Å². The highest BCUT2D eigenvalue weighted by atomic mass is 79.9. The Labute approximate surface area is 135 Å².